The number of urea groups is 1. The molecule has 1 aliphatic heterocycles. The van der Waals surface area contributed by atoms with E-state index in [2.05, 4.69) is 5.32 Å². The fourth-order valence-electron chi connectivity index (χ4n) is 4.04. The molecular formula is C24H23ClN2O6. The van der Waals surface area contributed by atoms with Crippen LogP contribution in [0.2, 0.25) is 5.02 Å². The van der Waals surface area contributed by atoms with Gasteiger partial charge in [-0.25, -0.2) is 9.59 Å². The summed E-state index contributed by atoms with van der Waals surface area (Å²) in [4.78, 5) is 39.5. The fourth-order valence-corrected chi connectivity index (χ4v) is 4.34. The van der Waals surface area contributed by atoms with Crippen molar-refractivity contribution in [3.8, 4) is 11.5 Å². The molecule has 3 aromatic rings. The van der Waals surface area contributed by atoms with Crippen LogP contribution in [0.3, 0.4) is 0 Å². The number of methoxy groups -OCH3 is 2. The highest BCUT2D eigenvalue weighted by Gasteiger charge is 2.49. The van der Waals surface area contributed by atoms with E-state index in [4.69, 9.17) is 25.5 Å². The topological polar surface area (TPSA) is 98.1 Å². The van der Waals surface area contributed by atoms with Crippen molar-refractivity contribution in [2.75, 3.05) is 14.2 Å². The van der Waals surface area contributed by atoms with Gasteiger partial charge in [0.25, 0.3) is 5.91 Å². The second kappa shape index (κ2) is 8.44. The van der Waals surface area contributed by atoms with Gasteiger partial charge in [0.05, 0.1) is 20.8 Å². The third-order valence-corrected chi connectivity index (χ3v) is 6.29. The molecule has 1 unspecified atom stereocenters. The lowest BCUT2D eigenvalue weighted by molar-refractivity contribution is -0.131. The summed E-state index contributed by atoms with van der Waals surface area (Å²) >= 11 is 6.37. The molecule has 0 bridgehead atoms. The zero-order valence-corrected chi connectivity index (χ0v) is 19.4. The largest absolute Gasteiger partial charge is 0.493 e. The van der Waals surface area contributed by atoms with Crippen LogP contribution in [0.15, 0.2) is 45.6 Å². The van der Waals surface area contributed by atoms with E-state index in [9.17, 15) is 14.4 Å². The molecule has 172 valence electrons. The quantitative estimate of drug-likeness (QED) is 0.432. The number of rotatable bonds is 6. The lowest BCUT2D eigenvalue weighted by Crippen LogP contribution is -2.40. The highest BCUT2D eigenvalue weighted by Crippen LogP contribution is 2.36. The molecule has 1 atom stereocenters. The summed E-state index contributed by atoms with van der Waals surface area (Å²) in [6.45, 7) is 3.45. The number of nitrogens with zero attached hydrogens (tertiary/aromatic N) is 1. The van der Waals surface area contributed by atoms with E-state index in [0.29, 0.717) is 45.0 Å². The molecule has 1 saturated heterocycles. The van der Waals surface area contributed by atoms with Crippen LogP contribution in [0.4, 0.5) is 4.79 Å². The Kier molecular flexibility index (Phi) is 5.80. The van der Waals surface area contributed by atoms with E-state index in [1.165, 1.54) is 20.3 Å². The first-order chi connectivity index (χ1) is 15.7. The zero-order valence-electron chi connectivity index (χ0n) is 18.7. The van der Waals surface area contributed by atoms with Crippen LogP contribution in [0.5, 0.6) is 11.5 Å². The molecule has 0 spiro atoms. The SMILES string of the molecule is CCc1cc2oc(=O)cc(CN3C(=O)NC(C)(c4ccc(OC)c(OC)c4)C3=O)c2cc1Cl. The third kappa shape index (κ3) is 3.80. The molecule has 1 aromatic heterocycles. The number of nitrogens with one attached hydrogen (secondary N) is 1. The molecule has 33 heavy (non-hydrogen) atoms. The first kappa shape index (κ1) is 22.7. The van der Waals surface area contributed by atoms with Crippen molar-refractivity contribution >= 4 is 34.5 Å². The van der Waals surface area contributed by atoms with Gasteiger partial charge < -0.3 is 19.2 Å². The maximum Gasteiger partial charge on any atom is 0.336 e. The summed E-state index contributed by atoms with van der Waals surface area (Å²) in [6, 6.07) is 9.12. The lowest BCUT2D eigenvalue weighted by Gasteiger charge is -2.23. The fraction of sp³-hybridized carbons (Fsp3) is 0.292. The Balaban J connectivity index is 1.73. The monoisotopic (exact) mass is 470 g/mol. The molecule has 1 N–H and O–H groups in total. The molecule has 2 aromatic carbocycles. The summed E-state index contributed by atoms with van der Waals surface area (Å²) < 4.78 is 15.9. The van der Waals surface area contributed by atoms with E-state index >= 15 is 0 Å². The molecular weight excluding hydrogens is 448 g/mol. The van der Waals surface area contributed by atoms with Crippen molar-refractivity contribution in [3.63, 3.8) is 0 Å². The summed E-state index contributed by atoms with van der Waals surface area (Å²) in [7, 11) is 3.01. The Labute approximate surface area is 195 Å². The molecule has 3 amide bonds. The standard InChI is InChI=1S/C24H23ClN2O6/c1-5-13-8-19-16(11-17(13)25)14(9-21(28)33-19)12-27-22(29)24(2,26-23(27)30)15-6-7-18(31-3)20(10-15)32-4/h6-11H,5,12H2,1-4H3,(H,26,30). The Bertz CT molecular complexity index is 1330. The predicted octanol–water partition coefficient (Wildman–Crippen LogP) is 3.99. The molecule has 0 aliphatic carbocycles. The van der Waals surface area contributed by atoms with Crippen LogP contribution in [0.1, 0.15) is 30.5 Å². The van der Waals surface area contributed by atoms with Gasteiger partial charge in [0, 0.05) is 16.5 Å². The van der Waals surface area contributed by atoms with E-state index < -0.39 is 23.1 Å². The molecule has 9 heteroatoms. The predicted molar refractivity (Wildman–Crippen MR) is 123 cm³/mol. The number of imide groups is 1. The van der Waals surface area contributed by atoms with Crippen molar-refractivity contribution in [1.82, 2.24) is 10.2 Å². The van der Waals surface area contributed by atoms with E-state index in [1.54, 1.807) is 37.3 Å². The summed E-state index contributed by atoms with van der Waals surface area (Å²) in [5.41, 5.74) is 0.296. The zero-order chi connectivity index (χ0) is 23.9. The summed E-state index contributed by atoms with van der Waals surface area (Å²) in [5, 5.41) is 3.85. The second-order valence-corrected chi connectivity index (χ2v) is 8.31. The Morgan fingerprint density at radius 3 is 2.42 bits per heavy atom. The minimum Gasteiger partial charge on any atom is -0.493 e. The van der Waals surface area contributed by atoms with Crippen LogP contribution in [0, 0.1) is 0 Å². The van der Waals surface area contributed by atoms with Crippen molar-refractivity contribution in [2.24, 2.45) is 0 Å². The molecule has 8 nitrogen and oxygen atoms in total. The Morgan fingerprint density at radius 1 is 1.03 bits per heavy atom. The molecule has 1 fully saturated rings. The van der Waals surface area contributed by atoms with Gasteiger partial charge in [-0.05, 0) is 54.3 Å². The maximum atomic E-state index is 13.4. The van der Waals surface area contributed by atoms with Crippen LogP contribution in [-0.2, 0) is 23.3 Å². The van der Waals surface area contributed by atoms with Crippen molar-refractivity contribution in [1.29, 1.82) is 0 Å². The van der Waals surface area contributed by atoms with Gasteiger partial charge in [0.15, 0.2) is 11.5 Å². The minimum atomic E-state index is -1.32. The third-order valence-electron chi connectivity index (χ3n) is 5.94. The molecule has 4 rings (SSSR count). The van der Waals surface area contributed by atoms with Gasteiger partial charge in [-0.2, -0.15) is 0 Å². The Morgan fingerprint density at radius 2 is 1.76 bits per heavy atom. The number of benzene rings is 2. The molecule has 0 radical (unpaired) electrons. The van der Waals surface area contributed by atoms with E-state index in [-0.39, 0.29) is 6.54 Å². The summed E-state index contributed by atoms with van der Waals surface area (Å²) in [5.74, 6) is 0.478. The highest BCUT2D eigenvalue weighted by molar-refractivity contribution is 6.32. The first-order valence-corrected chi connectivity index (χ1v) is 10.7. The lowest BCUT2D eigenvalue weighted by atomic mass is 9.91. The molecule has 2 heterocycles. The number of aryl methyl sites for hydroxylation is 1. The number of hydrogen-bond donors (Lipinski definition) is 1. The number of amides is 3. The average Bonchev–Trinajstić information content (AvgIpc) is 3.02. The number of ether oxygens (including phenoxy) is 2. The highest BCUT2D eigenvalue weighted by atomic mass is 35.5. The van der Waals surface area contributed by atoms with Crippen molar-refractivity contribution in [3.05, 3.63) is 68.5 Å². The second-order valence-electron chi connectivity index (χ2n) is 7.90. The van der Waals surface area contributed by atoms with Gasteiger partial charge >= 0.3 is 11.7 Å². The maximum absolute atomic E-state index is 13.4. The average molecular weight is 471 g/mol. The van der Waals surface area contributed by atoms with Crippen molar-refractivity contribution < 1.29 is 23.5 Å². The number of carbonyl (C=O) groups excluding carboxylic acids is 2. The number of fused-ring (bicyclic) bond motifs is 1. The minimum absolute atomic E-state index is 0.114. The Hall–Kier alpha value is -3.52. The van der Waals surface area contributed by atoms with Gasteiger partial charge in [0.2, 0.25) is 0 Å². The van der Waals surface area contributed by atoms with E-state index in [0.717, 1.165) is 10.5 Å². The normalized spacial score (nSPS) is 18.0. The van der Waals surface area contributed by atoms with Crippen molar-refractivity contribution in [2.45, 2.75) is 32.4 Å². The van der Waals surface area contributed by atoms with Crippen LogP contribution >= 0.6 is 11.6 Å². The molecule has 1 aliphatic rings. The van der Waals surface area contributed by atoms with Crippen LogP contribution in [-0.4, -0.2) is 31.1 Å². The van der Waals surface area contributed by atoms with Gasteiger partial charge in [-0.1, -0.05) is 24.6 Å². The van der Waals surface area contributed by atoms with Crippen LogP contribution in [0.25, 0.3) is 11.0 Å². The molecule has 0 saturated carbocycles. The van der Waals surface area contributed by atoms with Gasteiger partial charge in [-0.15, -0.1) is 0 Å². The number of carbonyl (C=O) groups is 2. The first-order valence-electron chi connectivity index (χ1n) is 10.3. The van der Waals surface area contributed by atoms with E-state index in [1.807, 2.05) is 6.92 Å². The number of halogens is 1. The van der Waals surface area contributed by atoms with Gasteiger partial charge in [-0.3, -0.25) is 9.69 Å². The smallest absolute Gasteiger partial charge is 0.336 e. The van der Waals surface area contributed by atoms with Gasteiger partial charge in [0.1, 0.15) is 11.1 Å². The van der Waals surface area contributed by atoms with Crippen LogP contribution < -0.4 is 20.4 Å². The number of hydrogen-bond acceptors (Lipinski definition) is 6. The summed E-state index contributed by atoms with van der Waals surface area (Å²) in [6.07, 6.45) is 0.666.